The number of carbonyl (C=O) groups is 3. The summed E-state index contributed by atoms with van der Waals surface area (Å²) in [7, 11) is 0. The Morgan fingerprint density at radius 3 is 2.62 bits per heavy atom. The van der Waals surface area contributed by atoms with E-state index in [0.717, 1.165) is 5.69 Å². The Kier molecular flexibility index (Phi) is 4.89. The number of rotatable bonds is 3. The number of benzene rings is 1. The van der Waals surface area contributed by atoms with Gasteiger partial charge in [-0.1, -0.05) is 12.1 Å². The van der Waals surface area contributed by atoms with Crippen molar-refractivity contribution in [3.63, 3.8) is 0 Å². The Hall–Kier alpha value is -2.57. The predicted molar refractivity (Wildman–Crippen MR) is 98.6 cm³/mol. The van der Waals surface area contributed by atoms with Crippen molar-refractivity contribution in [1.82, 2.24) is 15.5 Å². The minimum absolute atomic E-state index is 0.0224. The number of hydrogen-bond acceptors (Lipinski definition) is 4. The van der Waals surface area contributed by atoms with Crippen LogP contribution >= 0.6 is 0 Å². The van der Waals surface area contributed by atoms with Crippen LogP contribution in [-0.4, -0.2) is 46.9 Å². The van der Waals surface area contributed by atoms with E-state index in [2.05, 4.69) is 16.0 Å². The van der Waals surface area contributed by atoms with Gasteiger partial charge in [0.05, 0.1) is 5.56 Å². The number of likely N-dealkylation sites (tertiary alicyclic amines) is 1. The first kappa shape index (κ1) is 18.2. The first-order valence-corrected chi connectivity index (χ1v) is 9.11. The number of anilines is 1. The molecule has 0 saturated carbocycles. The fraction of sp³-hybridized carbons (Fsp3) is 0.526. The Bertz CT molecular complexity index is 733. The van der Waals surface area contributed by atoms with Crippen LogP contribution in [0.1, 0.15) is 50.4 Å². The minimum atomic E-state index is -0.663. The van der Waals surface area contributed by atoms with E-state index in [1.165, 1.54) is 0 Å². The van der Waals surface area contributed by atoms with Crippen molar-refractivity contribution >= 4 is 23.4 Å². The number of fused-ring (bicyclic) bond motifs is 1. The number of carbonyl (C=O) groups excluding carboxylic acids is 3. The molecule has 2 aliphatic rings. The topological polar surface area (TPSA) is 90.5 Å². The van der Waals surface area contributed by atoms with Gasteiger partial charge in [-0.05, 0) is 39.3 Å². The molecule has 2 heterocycles. The lowest BCUT2D eigenvalue weighted by atomic mass is 9.95. The van der Waals surface area contributed by atoms with Crippen LogP contribution in [0.15, 0.2) is 24.3 Å². The third-order valence-corrected chi connectivity index (χ3v) is 5.04. The molecule has 26 heavy (non-hydrogen) atoms. The molecule has 2 aliphatic heterocycles. The van der Waals surface area contributed by atoms with Gasteiger partial charge in [0, 0.05) is 31.1 Å². The second kappa shape index (κ2) is 6.97. The van der Waals surface area contributed by atoms with Gasteiger partial charge in [-0.15, -0.1) is 0 Å². The summed E-state index contributed by atoms with van der Waals surface area (Å²) in [6.07, 6.45) is 1.30. The van der Waals surface area contributed by atoms with Crippen LogP contribution in [0.3, 0.4) is 0 Å². The summed E-state index contributed by atoms with van der Waals surface area (Å²) in [6, 6.07) is 6.84. The van der Waals surface area contributed by atoms with Crippen LogP contribution in [0.25, 0.3) is 0 Å². The van der Waals surface area contributed by atoms with E-state index >= 15 is 0 Å². The summed E-state index contributed by atoms with van der Waals surface area (Å²) in [6.45, 7) is 5.93. The smallest absolute Gasteiger partial charge is 0.255 e. The molecule has 1 aromatic carbocycles. The summed E-state index contributed by atoms with van der Waals surface area (Å²) in [5, 5.41) is 9.31. The monoisotopic (exact) mass is 358 g/mol. The molecule has 2 atom stereocenters. The third-order valence-electron chi connectivity index (χ3n) is 5.04. The Morgan fingerprint density at radius 2 is 1.88 bits per heavy atom. The lowest BCUT2D eigenvalue weighted by Crippen LogP contribution is -2.58. The Morgan fingerprint density at radius 1 is 1.15 bits per heavy atom. The zero-order valence-electron chi connectivity index (χ0n) is 15.5. The molecule has 1 fully saturated rings. The van der Waals surface area contributed by atoms with Crippen LogP contribution in [-0.2, 0) is 9.59 Å². The predicted octanol–water partition coefficient (Wildman–Crippen LogP) is 1.46. The second-order valence-corrected chi connectivity index (χ2v) is 7.38. The van der Waals surface area contributed by atoms with E-state index in [1.807, 2.05) is 32.0 Å². The normalized spacial score (nSPS) is 23.8. The Labute approximate surface area is 153 Å². The average molecular weight is 358 g/mol. The maximum atomic E-state index is 12.6. The molecule has 3 rings (SSSR count). The first-order chi connectivity index (χ1) is 12.3. The molecular formula is C19H26N4O3. The molecule has 1 aromatic rings. The zero-order valence-corrected chi connectivity index (χ0v) is 15.5. The minimum Gasteiger partial charge on any atom is -0.362 e. The largest absolute Gasteiger partial charge is 0.362 e. The van der Waals surface area contributed by atoms with Crippen molar-refractivity contribution in [3.8, 4) is 0 Å². The third kappa shape index (κ3) is 3.52. The van der Waals surface area contributed by atoms with Gasteiger partial charge in [0.15, 0.2) is 0 Å². The van der Waals surface area contributed by atoms with Crippen LogP contribution in [0.5, 0.6) is 0 Å². The molecular weight excluding hydrogens is 332 g/mol. The summed E-state index contributed by atoms with van der Waals surface area (Å²) in [4.78, 5) is 39.0. The van der Waals surface area contributed by atoms with E-state index in [-0.39, 0.29) is 30.2 Å². The van der Waals surface area contributed by atoms with Crippen molar-refractivity contribution in [2.75, 3.05) is 11.9 Å². The molecule has 140 valence electrons. The SMILES string of the molecule is CC(C)NC(=O)C(C)N1CCC2(CCC1=O)NC(=O)c1ccccc1N2. The van der Waals surface area contributed by atoms with E-state index in [4.69, 9.17) is 0 Å². The van der Waals surface area contributed by atoms with Crippen molar-refractivity contribution < 1.29 is 14.4 Å². The molecule has 0 aromatic heterocycles. The molecule has 2 unspecified atom stereocenters. The molecule has 0 aliphatic carbocycles. The number of amides is 3. The lowest BCUT2D eigenvalue weighted by molar-refractivity contribution is -0.139. The highest BCUT2D eigenvalue weighted by Gasteiger charge is 2.41. The highest BCUT2D eigenvalue weighted by atomic mass is 16.2. The molecule has 1 saturated heterocycles. The molecule has 0 radical (unpaired) electrons. The fourth-order valence-electron chi connectivity index (χ4n) is 3.60. The van der Waals surface area contributed by atoms with Gasteiger partial charge in [0.2, 0.25) is 11.8 Å². The molecule has 0 bridgehead atoms. The van der Waals surface area contributed by atoms with Crippen LogP contribution in [0.2, 0.25) is 0 Å². The maximum absolute atomic E-state index is 12.6. The van der Waals surface area contributed by atoms with Gasteiger partial charge in [-0.25, -0.2) is 0 Å². The molecule has 3 amide bonds. The van der Waals surface area contributed by atoms with Gasteiger partial charge < -0.3 is 20.9 Å². The van der Waals surface area contributed by atoms with E-state index in [9.17, 15) is 14.4 Å². The highest BCUT2D eigenvalue weighted by molar-refractivity contribution is 6.02. The van der Waals surface area contributed by atoms with Crippen molar-refractivity contribution in [3.05, 3.63) is 29.8 Å². The maximum Gasteiger partial charge on any atom is 0.255 e. The number of hydrogen-bond donors (Lipinski definition) is 3. The summed E-state index contributed by atoms with van der Waals surface area (Å²) in [5.41, 5.74) is 0.724. The second-order valence-electron chi connectivity index (χ2n) is 7.38. The standard InChI is InChI=1S/C19H26N4O3/c1-12(2)20-17(25)13(3)23-11-10-19(9-8-16(23)24)21-15-7-5-4-6-14(15)18(26)22-19/h4-7,12-13,21H,8-11H2,1-3H3,(H,20,25)(H,22,26). The summed E-state index contributed by atoms with van der Waals surface area (Å²) in [5.74, 6) is -0.357. The van der Waals surface area contributed by atoms with E-state index < -0.39 is 11.7 Å². The number of nitrogens with one attached hydrogen (secondary N) is 3. The fourth-order valence-corrected chi connectivity index (χ4v) is 3.60. The summed E-state index contributed by atoms with van der Waals surface area (Å²) >= 11 is 0. The Balaban J connectivity index is 1.76. The number of para-hydroxylation sites is 1. The van der Waals surface area contributed by atoms with Gasteiger partial charge >= 0.3 is 0 Å². The van der Waals surface area contributed by atoms with Gasteiger partial charge in [-0.2, -0.15) is 0 Å². The van der Waals surface area contributed by atoms with Crippen LogP contribution < -0.4 is 16.0 Å². The zero-order chi connectivity index (χ0) is 18.9. The first-order valence-electron chi connectivity index (χ1n) is 9.11. The van der Waals surface area contributed by atoms with Crippen molar-refractivity contribution in [2.24, 2.45) is 0 Å². The van der Waals surface area contributed by atoms with Crippen LogP contribution in [0.4, 0.5) is 5.69 Å². The van der Waals surface area contributed by atoms with Crippen molar-refractivity contribution in [1.29, 1.82) is 0 Å². The quantitative estimate of drug-likeness (QED) is 0.763. The molecule has 1 spiro atoms. The van der Waals surface area contributed by atoms with E-state index in [0.29, 0.717) is 24.9 Å². The van der Waals surface area contributed by atoms with Crippen LogP contribution in [0, 0.1) is 0 Å². The highest BCUT2D eigenvalue weighted by Crippen LogP contribution is 2.31. The number of nitrogens with zero attached hydrogens (tertiary/aromatic N) is 1. The lowest BCUT2D eigenvalue weighted by Gasteiger charge is -2.40. The molecule has 7 heteroatoms. The van der Waals surface area contributed by atoms with Crippen molar-refractivity contribution in [2.45, 2.75) is 57.8 Å². The molecule has 3 N–H and O–H groups in total. The van der Waals surface area contributed by atoms with E-state index in [1.54, 1.807) is 17.9 Å². The van der Waals surface area contributed by atoms with Gasteiger partial charge in [-0.3, -0.25) is 14.4 Å². The molecule has 7 nitrogen and oxygen atoms in total. The summed E-state index contributed by atoms with van der Waals surface area (Å²) < 4.78 is 0. The average Bonchev–Trinajstić information content (AvgIpc) is 2.73. The van der Waals surface area contributed by atoms with Gasteiger partial charge in [0.25, 0.3) is 5.91 Å². The van der Waals surface area contributed by atoms with Gasteiger partial charge in [0.1, 0.15) is 11.7 Å².